The third kappa shape index (κ3) is 6.57. The maximum Gasteiger partial charge on any atom is 0.303 e. The van der Waals surface area contributed by atoms with E-state index in [0.29, 0.717) is 18.9 Å². The van der Waals surface area contributed by atoms with Gasteiger partial charge in [-0.3, -0.25) is 9.59 Å². The standard InChI is InChI=1S/C14H27NO4/c1-6-14(4,19-5)13(18)15-9-11(7-10(2)3)8-12(16)17/h10-11H,6-9H2,1-5H3,(H,15,18)(H,16,17)/t11-,14?/m0/s1. The van der Waals surface area contributed by atoms with Gasteiger partial charge in [-0.25, -0.2) is 0 Å². The second-order valence-electron chi connectivity index (χ2n) is 5.59. The average Bonchev–Trinajstić information content (AvgIpc) is 2.33. The maximum absolute atomic E-state index is 12.0. The number of hydrogen-bond acceptors (Lipinski definition) is 3. The number of nitrogens with one attached hydrogen (secondary N) is 1. The summed E-state index contributed by atoms with van der Waals surface area (Å²) in [4.78, 5) is 22.8. The van der Waals surface area contributed by atoms with Crippen molar-refractivity contribution in [3.63, 3.8) is 0 Å². The van der Waals surface area contributed by atoms with Crippen molar-refractivity contribution in [2.75, 3.05) is 13.7 Å². The maximum atomic E-state index is 12.0. The van der Waals surface area contributed by atoms with Crippen LogP contribution in [0.3, 0.4) is 0 Å². The van der Waals surface area contributed by atoms with Gasteiger partial charge in [0.15, 0.2) is 0 Å². The van der Waals surface area contributed by atoms with Gasteiger partial charge in [-0.2, -0.15) is 0 Å². The van der Waals surface area contributed by atoms with Crippen molar-refractivity contribution >= 4 is 11.9 Å². The Morgan fingerprint density at radius 1 is 1.37 bits per heavy atom. The van der Waals surface area contributed by atoms with E-state index in [-0.39, 0.29) is 18.2 Å². The molecule has 0 rings (SSSR count). The molecule has 1 amide bonds. The molecule has 0 aromatic carbocycles. The Kier molecular flexibility index (Phi) is 7.68. The minimum atomic E-state index is -0.842. The average molecular weight is 273 g/mol. The molecule has 0 aliphatic heterocycles. The van der Waals surface area contributed by atoms with Gasteiger partial charge in [-0.15, -0.1) is 0 Å². The minimum absolute atomic E-state index is 0.0422. The Morgan fingerprint density at radius 3 is 2.32 bits per heavy atom. The largest absolute Gasteiger partial charge is 0.481 e. The van der Waals surface area contributed by atoms with E-state index in [1.54, 1.807) is 6.92 Å². The fourth-order valence-corrected chi connectivity index (χ4v) is 1.97. The summed E-state index contributed by atoms with van der Waals surface area (Å²) in [5.74, 6) is -0.651. The molecule has 0 aliphatic rings. The van der Waals surface area contributed by atoms with Gasteiger partial charge >= 0.3 is 5.97 Å². The summed E-state index contributed by atoms with van der Waals surface area (Å²) in [6.07, 6.45) is 1.43. The predicted octanol–water partition coefficient (Wildman–Crippen LogP) is 2.05. The van der Waals surface area contributed by atoms with Crippen LogP contribution in [0.4, 0.5) is 0 Å². The van der Waals surface area contributed by atoms with Gasteiger partial charge in [0.2, 0.25) is 0 Å². The molecule has 0 saturated heterocycles. The van der Waals surface area contributed by atoms with Crippen molar-refractivity contribution in [2.45, 2.75) is 52.6 Å². The molecule has 2 atom stereocenters. The zero-order valence-corrected chi connectivity index (χ0v) is 12.7. The van der Waals surface area contributed by atoms with Crippen molar-refractivity contribution in [3.8, 4) is 0 Å². The van der Waals surface area contributed by atoms with Crippen molar-refractivity contribution < 1.29 is 19.4 Å². The van der Waals surface area contributed by atoms with Gasteiger partial charge in [0.1, 0.15) is 5.60 Å². The van der Waals surface area contributed by atoms with Gasteiger partial charge in [-0.1, -0.05) is 20.8 Å². The van der Waals surface area contributed by atoms with Crippen LogP contribution >= 0.6 is 0 Å². The molecular weight excluding hydrogens is 246 g/mol. The molecule has 0 aromatic heterocycles. The van der Waals surface area contributed by atoms with E-state index in [0.717, 1.165) is 6.42 Å². The van der Waals surface area contributed by atoms with E-state index in [1.807, 2.05) is 20.8 Å². The van der Waals surface area contributed by atoms with Gasteiger partial charge in [-0.05, 0) is 31.6 Å². The summed E-state index contributed by atoms with van der Waals surface area (Å²) >= 11 is 0. The van der Waals surface area contributed by atoms with Gasteiger partial charge < -0.3 is 15.2 Å². The minimum Gasteiger partial charge on any atom is -0.481 e. The number of methoxy groups -OCH3 is 1. The quantitative estimate of drug-likeness (QED) is 0.674. The molecule has 0 spiro atoms. The van der Waals surface area contributed by atoms with Crippen LogP contribution in [-0.2, 0) is 14.3 Å². The Labute approximate surface area is 115 Å². The van der Waals surface area contributed by atoms with Crippen LogP contribution in [-0.4, -0.2) is 36.2 Å². The first-order chi connectivity index (χ1) is 8.75. The number of carboxylic acids is 1. The number of carboxylic acid groups (broad SMARTS) is 1. The van der Waals surface area contributed by atoms with Crippen molar-refractivity contribution in [1.29, 1.82) is 0 Å². The van der Waals surface area contributed by atoms with Crippen LogP contribution in [0.25, 0.3) is 0 Å². The normalized spacial score (nSPS) is 15.9. The van der Waals surface area contributed by atoms with Gasteiger partial charge in [0.05, 0.1) is 0 Å². The molecule has 0 fully saturated rings. The smallest absolute Gasteiger partial charge is 0.303 e. The second kappa shape index (κ2) is 8.15. The lowest BCUT2D eigenvalue weighted by Crippen LogP contribution is -2.47. The Balaban J connectivity index is 4.45. The van der Waals surface area contributed by atoms with E-state index in [2.05, 4.69) is 5.32 Å². The fraction of sp³-hybridized carbons (Fsp3) is 0.857. The monoisotopic (exact) mass is 273 g/mol. The molecule has 2 N–H and O–H groups in total. The Bertz CT molecular complexity index is 298. The molecule has 5 heteroatoms. The third-order valence-corrected chi connectivity index (χ3v) is 3.42. The van der Waals surface area contributed by atoms with E-state index in [4.69, 9.17) is 9.84 Å². The number of carbonyl (C=O) groups excluding carboxylic acids is 1. The molecule has 0 aromatic rings. The molecular formula is C14H27NO4. The third-order valence-electron chi connectivity index (χ3n) is 3.42. The van der Waals surface area contributed by atoms with Crippen LogP contribution in [0.5, 0.6) is 0 Å². The highest BCUT2D eigenvalue weighted by molar-refractivity contribution is 5.84. The molecule has 0 aliphatic carbocycles. The fourth-order valence-electron chi connectivity index (χ4n) is 1.97. The Morgan fingerprint density at radius 2 is 1.95 bits per heavy atom. The van der Waals surface area contributed by atoms with Crippen LogP contribution < -0.4 is 5.32 Å². The number of rotatable bonds is 9. The molecule has 1 unspecified atom stereocenters. The first-order valence-electron chi connectivity index (χ1n) is 6.80. The van der Waals surface area contributed by atoms with Crippen LogP contribution in [0.1, 0.15) is 47.0 Å². The highest BCUT2D eigenvalue weighted by atomic mass is 16.5. The summed E-state index contributed by atoms with van der Waals surface area (Å²) in [5.41, 5.74) is -0.842. The van der Waals surface area contributed by atoms with E-state index >= 15 is 0 Å². The molecule has 0 bridgehead atoms. The van der Waals surface area contributed by atoms with Gasteiger partial charge in [0, 0.05) is 20.1 Å². The predicted molar refractivity (Wildman–Crippen MR) is 73.9 cm³/mol. The molecule has 5 nitrogen and oxygen atoms in total. The summed E-state index contributed by atoms with van der Waals surface area (Å²) < 4.78 is 5.21. The SMILES string of the molecule is CCC(C)(OC)C(=O)NC[C@H](CC(=O)O)CC(C)C. The number of carbonyl (C=O) groups is 2. The highest BCUT2D eigenvalue weighted by Crippen LogP contribution is 2.17. The summed E-state index contributed by atoms with van der Waals surface area (Å²) in [5, 5.41) is 11.7. The number of amides is 1. The molecule has 0 heterocycles. The molecule has 0 saturated carbocycles. The lowest BCUT2D eigenvalue weighted by Gasteiger charge is -2.27. The topological polar surface area (TPSA) is 75.6 Å². The first kappa shape index (κ1) is 17.9. The molecule has 112 valence electrons. The Hall–Kier alpha value is -1.10. The lowest BCUT2D eigenvalue weighted by atomic mass is 9.93. The number of ether oxygens (including phenoxy) is 1. The lowest BCUT2D eigenvalue weighted by molar-refractivity contribution is -0.143. The zero-order valence-electron chi connectivity index (χ0n) is 12.7. The zero-order chi connectivity index (χ0) is 15.1. The summed E-state index contributed by atoms with van der Waals surface area (Å²) in [6.45, 7) is 8.08. The summed E-state index contributed by atoms with van der Waals surface area (Å²) in [6, 6.07) is 0. The number of aliphatic carboxylic acids is 1. The number of hydrogen-bond donors (Lipinski definition) is 2. The highest BCUT2D eigenvalue weighted by Gasteiger charge is 2.31. The van der Waals surface area contributed by atoms with Gasteiger partial charge in [0.25, 0.3) is 5.91 Å². The van der Waals surface area contributed by atoms with E-state index in [9.17, 15) is 9.59 Å². The molecule has 19 heavy (non-hydrogen) atoms. The first-order valence-corrected chi connectivity index (χ1v) is 6.80. The van der Waals surface area contributed by atoms with Crippen molar-refractivity contribution in [1.82, 2.24) is 5.32 Å². The van der Waals surface area contributed by atoms with Crippen molar-refractivity contribution in [2.24, 2.45) is 11.8 Å². The van der Waals surface area contributed by atoms with Crippen LogP contribution in [0, 0.1) is 11.8 Å². The van der Waals surface area contributed by atoms with E-state index < -0.39 is 11.6 Å². The van der Waals surface area contributed by atoms with Crippen LogP contribution in [0.2, 0.25) is 0 Å². The summed E-state index contributed by atoms with van der Waals surface area (Å²) in [7, 11) is 1.51. The van der Waals surface area contributed by atoms with Crippen molar-refractivity contribution in [3.05, 3.63) is 0 Å². The molecule has 0 radical (unpaired) electrons. The second-order valence-corrected chi connectivity index (χ2v) is 5.59. The van der Waals surface area contributed by atoms with E-state index in [1.165, 1.54) is 7.11 Å². The van der Waals surface area contributed by atoms with Crippen LogP contribution in [0.15, 0.2) is 0 Å².